The molecule has 0 aliphatic carbocycles. The van der Waals surface area contributed by atoms with Crippen molar-refractivity contribution < 1.29 is 9.15 Å². The van der Waals surface area contributed by atoms with Gasteiger partial charge in [-0.2, -0.15) is 0 Å². The Balaban J connectivity index is 2.09. The fourth-order valence-electron chi connectivity index (χ4n) is 2.47. The van der Waals surface area contributed by atoms with Crippen LogP contribution in [0.15, 0.2) is 51.7 Å². The van der Waals surface area contributed by atoms with Crippen molar-refractivity contribution in [1.29, 1.82) is 0 Å². The highest BCUT2D eigenvalue weighted by Crippen LogP contribution is 2.26. The topological polar surface area (TPSA) is 39.4 Å². The van der Waals surface area contributed by atoms with Crippen molar-refractivity contribution in [3.63, 3.8) is 0 Å². The predicted octanol–water partition coefficient (Wildman–Crippen LogP) is 4.52. The molecule has 3 aromatic rings. The summed E-state index contributed by atoms with van der Waals surface area (Å²) in [6, 6.07) is 12.8. The number of fused-ring (bicyclic) bond motifs is 2. The third-order valence-electron chi connectivity index (χ3n) is 3.57. The van der Waals surface area contributed by atoms with Crippen LogP contribution in [0.1, 0.15) is 26.2 Å². The first-order valence-corrected chi connectivity index (χ1v) is 7.38. The molecule has 1 heterocycles. The summed E-state index contributed by atoms with van der Waals surface area (Å²) in [5.41, 5.74) is 1.16. The van der Waals surface area contributed by atoms with Gasteiger partial charge in [-0.3, -0.25) is 4.79 Å². The normalized spacial score (nSPS) is 11.1. The molecule has 3 rings (SSSR count). The summed E-state index contributed by atoms with van der Waals surface area (Å²) in [6.07, 6.45) is 3.26. The number of rotatable bonds is 5. The Hall–Kier alpha value is -2.29. The molecule has 21 heavy (non-hydrogen) atoms. The van der Waals surface area contributed by atoms with Gasteiger partial charge in [0, 0.05) is 0 Å². The molecule has 3 nitrogen and oxygen atoms in total. The molecule has 0 spiro atoms. The highest BCUT2D eigenvalue weighted by Gasteiger charge is 2.11. The van der Waals surface area contributed by atoms with Gasteiger partial charge in [0.1, 0.15) is 22.3 Å². The summed E-state index contributed by atoms with van der Waals surface area (Å²) in [5, 5.41) is 1.13. The maximum atomic E-state index is 12.7. The lowest BCUT2D eigenvalue weighted by molar-refractivity contribution is 0.309. The molecule has 0 amide bonds. The first-order chi connectivity index (χ1) is 10.3. The van der Waals surface area contributed by atoms with Crippen LogP contribution in [-0.4, -0.2) is 6.61 Å². The first kappa shape index (κ1) is 13.7. The quantitative estimate of drug-likeness (QED) is 0.510. The minimum absolute atomic E-state index is 0.0297. The van der Waals surface area contributed by atoms with Gasteiger partial charge in [0.25, 0.3) is 0 Å². The molecule has 0 radical (unpaired) electrons. The third-order valence-corrected chi connectivity index (χ3v) is 3.57. The third kappa shape index (κ3) is 2.64. The van der Waals surface area contributed by atoms with E-state index in [1.54, 1.807) is 6.07 Å². The second-order valence-corrected chi connectivity index (χ2v) is 5.11. The van der Waals surface area contributed by atoms with Gasteiger partial charge in [-0.15, -0.1) is 0 Å². The summed E-state index contributed by atoms with van der Waals surface area (Å²) >= 11 is 0. The second-order valence-electron chi connectivity index (χ2n) is 5.11. The van der Waals surface area contributed by atoms with Crippen LogP contribution in [-0.2, 0) is 0 Å². The maximum Gasteiger partial charge on any atom is 0.204 e. The van der Waals surface area contributed by atoms with Crippen LogP contribution < -0.4 is 10.2 Å². The van der Waals surface area contributed by atoms with Crippen molar-refractivity contribution in [3.05, 3.63) is 52.7 Å². The molecule has 0 saturated heterocycles. The average molecular weight is 282 g/mol. The van der Waals surface area contributed by atoms with Crippen LogP contribution in [0.2, 0.25) is 0 Å². The molecule has 108 valence electrons. The summed E-state index contributed by atoms with van der Waals surface area (Å²) in [4.78, 5) is 12.7. The Morgan fingerprint density at radius 1 is 1.00 bits per heavy atom. The molecule has 0 bridgehead atoms. The van der Waals surface area contributed by atoms with Crippen molar-refractivity contribution in [2.24, 2.45) is 0 Å². The van der Waals surface area contributed by atoms with Gasteiger partial charge in [0.15, 0.2) is 0 Å². The van der Waals surface area contributed by atoms with E-state index in [9.17, 15) is 4.79 Å². The largest absolute Gasteiger partial charge is 0.493 e. The number of hydrogen-bond donors (Lipinski definition) is 0. The number of hydrogen-bond acceptors (Lipinski definition) is 3. The lowest BCUT2D eigenvalue weighted by Gasteiger charge is -2.09. The molecule has 3 heteroatoms. The molecule has 2 aromatic carbocycles. The average Bonchev–Trinajstić information content (AvgIpc) is 2.52. The van der Waals surface area contributed by atoms with Crippen molar-refractivity contribution in [2.45, 2.75) is 26.2 Å². The van der Waals surface area contributed by atoms with E-state index in [0.717, 1.165) is 19.3 Å². The van der Waals surface area contributed by atoms with Crippen molar-refractivity contribution in [3.8, 4) is 5.75 Å². The lowest BCUT2D eigenvalue weighted by atomic mass is 10.1. The van der Waals surface area contributed by atoms with Gasteiger partial charge in [-0.05, 0) is 30.7 Å². The van der Waals surface area contributed by atoms with Crippen molar-refractivity contribution in [2.75, 3.05) is 6.61 Å². The molecule has 0 N–H and O–H groups in total. The van der Waals surface area contributed by atoms with Crippen molar-refractivity contribution >= 4 is 21.9 Å². The smallest absolute Gasteiger partial charge is 0.204 e. The van der Waals surface area contributed by atoms with E-state index < -0.39 is 0 Å². The van der Waals surface area contributed by atoms with E-state index in [4.69, 9.17) is 9.15 Å². The minimum Gasteiger partial charge on any atom is -0.493 e. The molecular weight excluding hydrogens is 264 g/mol. The fourth-order valence-corrected chi connectivity index (χ4v) is 2.47. The Morgan fingerprint density at radius 2 is 1.81 bits per heavy atom. The van der Waals surface area contributed by atoms with E-state index in [1.807, 2.05) is 36.4 Å². The summed E-state index contributed by atoms with van der Waals surface area (Å²) in [6.45, 7) is 2.78. The van der Waals surface area contributed by atoms with Gasteiger partial charge in [0.05, 0.1) is 12.0 Å². The predicted molar refractivity (Wildman–Crippen MR) is 85.0 cm³/mol. The zero-order valence-electron chi connectivity index (χ0n) is 12.1. The Labute approximate surface area is 123 Å². The van der Waals surface area contributed by atoms with Gasteiger partial charge in [-0.1, -0.05) is 38.0 Å². The van der Waals surface area contributed by atoms with Gasteiger partial charge in [-0.25, -0.2) is 0 Å². The number of ether oxygens (including phenoxy) is 1. The summed E-state index contributed by atoms with van der Waals surface area (Å²) in [5.74, 6) is 0.614. The van der Waals surface area contributed by atoms with E-state index in [2.05, 4.69) is 6.92 Å². The van der Waals surface area contributed by atoms with Crippen LogP contribution in [0, 0.1) is 0 Å². The minimum atomic E-state index is -0.0297. The molecule has 0 saturated carbocycles. The molecule has 0 atom stereocenters. The van der Waals surface area contributed by atoms with Gasteiger partial charge in [0.2, 0.25) is 5.43 Å². The maximum absolute atomic E-state index is 12.7. The molecular formula is C18H18O3. The van der Waals surface area contributed by atoms with Crippen LogP contribution in [0.5, 0.6) is 5.75 Å². The SMILES string of the molecule is CCCCCOc1cccc2oc3ccccc3c(=O)c12. The molecule has 0 unspecified atom stereocenters. The Morgan fingerprint density at radius 3 is 2.67 bits per heavy atom. The fraction of sp³-hybridized carbons (Fsp3) is 0.278. The molecule has 0 aliphatic heterocycles. The molecule has 1 aromatic heterocycles. The Kier molecular flexibility index (Phi) is 3.91. The zero-order valence-corrected chi connectivity index (χ0v) is 12.1. The molecule has 0 aliphatic rings. The van der Waals surface area contributed by atoms with Crippen LogP contribution in [0.4, 0.5) is 0 Å². The number of unbranched alkanes of at least 4 members (excludes halogenated alkanes) is 2. The van der Waals surface area contributed by atoms with Gasteiger partial charge >= 0.3 is 0 Å². The highest BCUT2D eigenvalue weighted by atomic mass is 16.5. The summed E-state index contributed by atoms with van der Waals surface area (Å²) < 4.78 is 11.6. The van der Waals surface area contributed by atoms with Crippen LogP contribution in [0.25, 0.3) is 21.9 Å². The van der Waals surface area contributed by atoms with E-state index >= 15 is 0 Å². The summed E-state index contributed by atoms with van der Waals surface area (Å²) in [7, 11) is 0. The standard InChI is InChI=1S/C18H18O3/c1-2-3-6-12-20-15-10-7-11-16-17(15)18(19)13-8-4-5-9-14(13)21-16/h4-5,7-11H,2-3,6,12H2,1H3. The Bertz CT molecular complexity index is 817. The van der Waals surface area contributed by atoms with E-state index in [0.29, 0.717) is 34.3 Å². The van der Waals surface area contributed by atoms with Crippen LogP contribution >= 0.6 is 0 Å². The van der Waals surface area contributed by atoms with E-state index in [1.165, 1.54) is 0 Å². The monoisotopic (exact) mass is 282 g/mol. The zero-order chi connectivity index (χ0) is 14.7. The van der Waals surface area contributed by atoms with Gasteiger partial charge < -0.3 is 9.15 Å². The number of benzene rings is 2. The van der Waals surface area contributed by atoms with E-state index in [-0.39, 0.29) is 5.43 Å². The highest BCUT2D eigenvalue weighted by molar-refractivity contribution is 5.93. The lowest BCUT2D eigenvalue weighted by Crippen LogP contribution is -2.06. The van der Waals surface area contributed by atoms with Crippen LogP contribution in [0.3, 0.4) is 0 Å². The second kappa shape index (κ2) is 6.00. The van der Waals surface area contributed by atoms with Crippen molar-refractivity contribution in [1.82, 2.24) is 0 Å². The number of para-hydroxylation sites is 1. The molecule has 0 fully saturated rings. The first-order valence-electron chi connectivity index (χ1n) is 7.38.